The molecule has 0 saturated heterocycles. The van der Waals surface area contributed by atoms with Crippen molar-refractivity contribution in [1.82, 2.24) is 15.0 Å². The Morgan fingerprint density at radius 2 is 1.35 bits per heavy atom. The second kappa shape index (κ2) is 8.12. The number of hydrogen-bond donors (Lipinski definition) is 1. The highest BCUT2D eigenvalue weighted by molar-refractivity contribution is 7.14. The highest BCUT2D eigenvalue weighted by atomic mass is 32.1. The van der Waals surface area contributed by atoms with E-state index in [9.17, 15) is 0 Å². The third-order valence-electron chi connectivity index (χ3n) is 4.47. The molecule has 0 saturated carbocycles. The van der Waals surface area contributed by atoms with E-state index in [1.54, 1.807) is 22.7 Å². The molecule has 0 aliphatic heterocycles. The van der Waals surface area contributed by atoms with Gasteiger partial charge < -0.3 is 5.73 Å². The first-order valence-electron chi connectivity index (χ1n) is 9.02. The Labute approximate surface area is 161 Å². The van der Waals surface area contributed by atoms with Gasteiger partial charge in [-0.05, 0) is 42.3 Å². The summed E-state index contributed by atoms with van der Waals surface area (Å²) in [6, 6.07) is 12.8. The van der Waals surface area contributed by atoms with Crippen LogP contribution < -0.4 is 5.73 Å². The highest BCUT2D eigenvalue weighted by Gasteiger charge is 2.16. The molecular weight excluding hydrogens is 360 g/mol. The summed E-state index contributed by atoms with van der Waals surface area (Å²) in [5.41, 5.74) is 9.91. The summed E-state index contributed by atoms with van der Waals surface area (Å²) in [6.45, 7) is 1.63. The zero-order chi connectivity index (χ0) is 17.8. The summed E-state index contributed by atoms with van der Waals surface area (Å²) in [5, 5.41) is 13.9. The molecule has 4 nitrogen and oxygen atoms in total. The Bertz CT molecular complexity index is 884. The summed E-state index contributed by atoms with van der Waals surface area (Å²) in [6.07, 6.45) is 4.53. The Balaban J connectivity index is 1.69. The van der Waals surface area contributed by atoms with Gasteiger partial charge in [0.25, 0.3) is 0 Å². The zero-order valence-corrected chi connectivity index (χ0v) is 16.2. The Hall–Kier alpha value is -2.02. The lowest BCUT2D eigenvalue weighted by atomic mass is 10.1. The van der Waals surface area contributed by atoms with E-state index in [1.165, 1.54) is 33.7 Å². The second-order valence-electron chi connectivity index (χ2n) is 6.31. The van der Waals surface area contributed by atoms with Crippen LogP contribution in [-0.4, -0.2) is 21.5 Å². The van der Waals surface area contributed by atoms with Crippen molar-refractivity contribution in [2.75, 3.05) is 6.54 Å². The molecule has 0 bridgehead atoms. The van der Waals surface area contributed by atoms with E-state index in [4.69, 9.17) is 15.9 Å². The van der Waals surface area contributed by atoms with Crippen LogP contribution in [0.4, 0.5) is 0 Å². The van der Waals surface area contributed by atoms with Crippen LogP contribution in [0.3, 0.4) is 0 Å². The molecule has 1 aromatic carbocycles. The van der Waals surface area contributed by atoms with Gasteiger partial charge in [0, 0.05) is 20.9 Å². The van der Waals surface area contributed by atoms with E-state index in [0.29, 0.717) is 0 Å². The lowest BCUT2D eigenvalue weighted by Gasteiger charge is -2.02. The number of thiophene rings is 2. The molecule has 6 heteroatoms. The van der Waals surface area contributed by atoms with Gasteiger partial charge in [-0.15, -0.1) is 22.7 Å². The average Bonchev–Trinajstić information content (AvgIpc) is 3.40. The van der Waals surface area contributed by atoms with Crippen LogP contribution in [0.25, 0.3) is 31.9 Å². The molecule has 2 N–H and O–H groups in total. The lowest BCUT2D eigenvalue weighted by molar-refractivity contribution is 0.493. The van der Waals surface area contributed by atoms with Crippen molar-refractivity contribution in [1.29, 1.82) is 0 Å². The maximum Gasteiger partial charge on any atom is 0.122 e. The van der Waals surface area contributed by atoms with Gasteiger partial charge in [-0.1, -0.05) is 37.1 Å². The molecule has 0 aliphatic rings. The fourth-order valence-corrected chi connectivity index (χ4v) is 4.65. The van der Waals surface area contributed by atoms with Crippen LogP contribution in [0.2, 0.25) is 0 Å². The summed E-state index contributed by atoms with van der Waals surface area (Å²) < 4.78 is 0. The number of nitrogens with two attached hydrogens (primary N) is 1. The number of aryl methyl sites for hydroxylation is 1. The standard InChI is InChI=1S/C20H22N4S2/c21-11-3-1-2-4-12-24-22-19-15(17-7-5-13-25-17)9-10-16(20(19)23-24)18-8-6-14-26-18/h5-10,13-14H,1-4,11-12,21H2. The van der Waals surface area contributed by atoms with Crippen molar-refractivity contribution in [3.05, 3.63) is 47.2 Å². The Morgan fingerprint density at radius 1 is 0.769 bits per heavy atom. The first-order chi connectivity index (χ1) is 12.9. The number of benzene rings is 1. The average molecular weight is 383 g/mol. The highest BCUT2D eigenvalue weighted by Crippen LogP contribution is 2.36. The van der Waals surface area contributed by atoms with E-state index >= 15 is 0 Å². The Morgan fingerprint density at radius 3 is 1.85 bits per heavy atom. The SMILES string of the molecule is NCCCCCCn1nc2c(-c3cccs3)ccc(-c3cccs3)c2n1. The molecule has 26 heavy (non-hydrogen) atoms. The van der Waals surface area contributed by atoms with Crippen LogP contribution in [0.15, 0.2) is 47.2 Å². The topological polar surface area (TPSA) is 56.7 Å². The third-order valence-corrected chi connectivity index (χ3v) is 6.27. The van der Waals surface area contributed by atoms with Crippen molar-refractivity contribution in [2.45, 2.75) is 32.2 Å². The second-order valence-corrected chi connectivity index (χ2v) is 8.21. The van der Waals surface area contributed by atoms with E-state index in [2.05, 4.69) is 47.2 Å². The summed E-state index contributed by atoms with van der Waals surface area (Å²) in [5.74, 6) is 0. The number of nitrogens with zero attached hydrogens (tertiary/aromatic N) is 3. The molecule has 0 aliphatic carbocycles. The van der Waals surface area contributed by atoms with Crippen molar-refractivity contribution in [2.24, 2.45) is 5.73 Å². The summed E-state index contributed by atoms with van der Waals surface area (Å²) in [4.78, 5) is 4.35. The van der Waals surface area contributed by atoms with Crippen LogP contribution in [0.1, 0.15) is 25.7 Å². The van der Waals surface area contributed by atoms with Crippen molar-refractivity contribution in [3.8, 4) is 20.9 Å². The molecule has 4 aromatic rings. The van der Waals surface area contributed by atoms with E-state index in [0.717, 1.165) is 37.0 Å². The maximum atomic E-state index is 5.57. The molecule has 0 fully saturated rings. The lowest BCUT2D eigenvalue weighted by Crippen LogP contribution is -2.03. The predicted molar refractivity (Wildman–Crippen MR) is 112 cm³/mol. The maximum absolute atomic E-state index is 5.57. The fraction of sp³-hybridized carbons (Fsp3) is 0.300. The molecule has 3 heterocycles. The normalized spacial score (nSPS) is 11.4. The van der Waals surface area contributed by atoms with Gasteiger partial charge in [0.05, 0.1) is 6.54 Å². The molecule has 0 radical (unpaired) electrons. The van der Waals surface area contributed by atoms with Crippen LogP contribution in [0, 0.1) is 0 Å². The minimum atomic E-state index is 0.776. The minimum Gasteiger partial charge on any atom is -0.330 e. The van der Waals surface area contributed by atoms with E-state index in [-0.39, 0.29) is 0 Å². The monoisotopic (exact) mass is 382 g/mol. The number of hydrogen-bond acceptors (Lipinski definition) is 5. The molecule has 4 rings (SSSR count). The largest absolute Gasteiger partial charge is 0.330 e. The fourth-order valence-electron chi connectivity index (χ4n) is 3.15. The van der Waals surface area contributed by atoms with Gasteiger partial charge in [-0.2, -0.15) is 15.0 Å². The molecule has 134 valence electrons. The van der Waals surface area contributed by atoms with Gasteiger partial charge in [0.1, 0.15) is 11.0 Å². The van der Waals surface area contributed by atoms with Gasteiger partial charge in [0.15, 0.2) is 0 Å². The summed E-state index contributed by atoms with van der Waals surface area (Å²) in [7, 11) is 0. The van der Waals surface area contributed by atoms with Crippen LogP contribution >= 0.6 is 22.7 Å². The van der Waals surface area contributed by atoms with Gasteiger partial charge in [-0.25, -0.2) is 0 Å². The zero-order valence-electron chi connectivity index (χ0n) is 14.6. The quantitative estimate of drug-likeness (QED) is 0.415. The minimum absolute atomic E-state index is 0.776. The van der Waals surface area contributed by atoms with Crippen molar-refractivity contribution in [3.63, 3.8) is 0 Å². The molecule has 3 aromatic heterocycles. The summed E-state index contributed by atoms with van der Waals surface area (Å²) >= 11 is 3.49. The Kier molecular flexibility index (Phi) is 5.43. The number of fused-ring (bicyclic) bond motifs is 1. The van der Waals surface area contributed by atoms with Crippen molar-refractivity contribution < 1.29 is 0 Å². The molecule has 0 spiro atoms. The van der Waals surface area contributed by atoms with Gasteiger partial charge in [0.2, 0.25) is 0 Å². The van der Waals surface area contributed by atoms with Crippen molar-refractivity contribution >= 4 is 33.7 Å². The number of rotatable bonds is 8. The van der Waals surface area contributed by atoms with E-state index < -0.39 is 0 Å². The number of unbranched alkanes of at least 4 members (excludes halogenated alkanes) is 3. The van der Waals surface area contributed by atoms with E-state index in [1.807, 2.05) is 4.80 Å². The van der Waals surface area contributed by atoms with Crippen LogP contribution in [-0.2, 0) is 6.54 Å². The smallest absolute Gasteiger partial charge is 0.122 e. The molecule has 0 unspecified atom stereocenters. The first-order valence-corrected chi connectivity index (χ1v) is 10.8. The third kappa shape index (κ3) is 3.58. The van der Waals surface area contributed by atoms with Crippen LogP contribution in [0.5, 0.6) is 0 Å². The van der Waals surface area contributed by atoms with Gasteiger partial charge in [-0.3, -0.25) is 0 Å². The number of aromatic nitrogens is 3. The van der Waals surface area contributed by atoms with Gasteiger partial charge >= 0.3 is 0 Å². The molecule has 0 atom stereocenters. The predicted octanol–water partition coefficient (Wildman–Crippen LogP) is 5.41. The first kappa shape index (κ1) is 17.4. The molecule has 0 amide bonds. The molecular formula is C20H22N4S2.